The number of halogens is 1. The van der Waals surface area contributed by atoms with Gasteiger partial charge in [-0.05, 0) is 42.5 Å². The third kappa shape index (κ3) is 4.17. The molecule has 0 saturated carbocycles. The normalized spacial score (nSPS) is 11.1. The third-order valence-corrected chi connectivity index (χ3v) is 3.97. The SMILES string of the molecule is O=S(=O)(Nc1cccc(F)c1)c1ccc(OCCO)cc1. The Hall–Kier alpha value is -2.12. The lowest BCUT2D eigenvalue weighted by atomic mass is 10.3. The van der Waals surface area contributed by atoms with Crippen molar-refractivity contribution in [1.82, 2.24) is 0 Å². The van der Waals surface area contributed by atoms with E-state index in [0.29, 0.717) is 5.75 Å². The zero-order valence-corrected chi connectivity index (χ0v) is 11.8. The minimum atomic E-state index is -3.79. The summed E-state index contributed by atoms with van der Waals surface area (Å²) < 4.78 is 44.7. The number of ether oxygens (including phenoxy) is 1. The summed E-state index contributed by atoms with van der Waals surface area (Å²) in [6.07, 6.45) is 0. The van der Waals surface area contributed by atoms with Crippen LogP contribution in [-0.4, -0.2) is 26.7 Å². The van der Waals surface area contributed by atoms with Crippen molar-refractivity contribution >= 4 is 15.7 Å². The van der Waals surface area contributed by atoms with Crippen LogP contribution < -0.4 is 9.46 Å². The van der Waals surface area contributed by atoms with E-state index < -0.39 is 15.8 Å². The zero-order chi connectivity index (χ0) is 15.3. The van der Waals surface area contributed by atoms with Crippen molar-refractivity contribution in [2.45, 2.75) is 4.90 Å². The lowest BCUT2D eigenvalue weighted by molar-refractivity contribution is 0.201. The Bertz CT molecular complexity index is 701. The first-order valence-electron chi connectivity index (χ1n) is 6.13. The molecule has 0 atom stereocenters. The molecule has 2 aromatic rings. The molecule has 21 heavy (non-hydrogen) atoms. The Morgan fingerprint density at radius 2 is 1.86 bits per heavy atom. The highest BCUT2D eigenvalue weighted by Gasteiger charge is 2.14. The Balaban J connectivity index is 2.15. The average Bonchev–Trinajstić information content (AvgIpc) is 2.45. The maximum absolute atomic E-state index is 13.0. The monoisotopic (exact) mass is 311 g/mol. The van der Waals surface area contributed by atoms with Gasteiger partial charge in [0.1, 0.15) is 18.2 Å². The first-order valence-corrected chi connectivity index (χ1v) is 7.62. The largest absolute Gasteiger partial charge is 0.491 e. The number of aliphatic hydroxyl groups is 1. The lowest BCUT2D eigenvalue weighted by Crippen LogP contribution is -2.13. The van der Waals surface area contributed by atoms with Gasteiger partial charge in [0.15, 0.2) is 0 Å². The first kappa shape index (κ1) is 15.3. The molecule has 0 aliphatic carbocycles. The summed E-state index contributed by atoms with van der Waals surface area (Å²) >= 11 is 0. The van der Waals surface area contributed by atoms with E-state index in [2.05, 4.69) is 4.72 Å². The summed E-state index contributed by atoms with van der Waals surface area (Å²) in [4.78, 5) is 0.0307. The number of sulfonamides is 1. The van der Waals surface area contributed by atoms with Crippen LogP contribution >= 0.6 is 0 Å². The van der Waals surface area contributed by atoms with E-state index in [0.717, 1.165) is 6.07 Å². The predicted octanol–water partition coefficient (Wildman–Crippen LogP) is 2.00. The van der Waals surface area contributed by atoms with Gasteiger partial charge in [0.2, 0.25) is 0 Å². The highest BCUT2D eigenvalue weighted by molar-refractivity contribution is 7.92. The van der Waals surface area contributed by atoms with Gasteiger partial charge in [-0.15, -0.1) is 0 Å². The fraction of sp³-hybridized carbons (Fsp3) is 0.143. The second-order valence-electron chi connectivity index (χ2n) is 4.16. The molecule has 5 nitrogen and oxygen atoms in total. The molecule has 0 radical (unpaired) electrons. The maximum atomic E-state index is 13.0. The summed E-state index contributed by atoms with van der Waals surface area (Å²) in [5.41, 5.74) is 0.149. The van der Waals surface area contributed by atoms with Gasteiger partial charge < -0.3 is 9.84 Å². The number of hydrogen-bond donors (Lipinski definition) is 2. The van der Waals surface area contributed by atoms with Crippen LogP contribution in [0.2, 0.25) is 0 Å². The van der Waals surface area contributed by atoms with Gasteiger partial charge in [-0.3, -0.25) is 4.72 Å². The topological polar surface area (TPSA) is 75.6 Å². The second-order valence-corrected chi connectivity index (χ2v) is 5.84. The second kappa shape index (κ2) is 6.55. The summed E-state index contributed by atoms with van der Waals surface area (Å²) in [5, 5.41) is 8.64. The molecule has 2 rings (SSSR count). The van der Waals surface area contributed by atoms with Crippen molar-refractivity contribution in [3.8, 4) is 5.75 Å². The van der Waals surface area contributed by atoms with E-state index in [1.165, 1.54) is 42.5 Å². The van der Waals surface area contributed by atoms with Crippen LogP contribution in [0, 0.1) is 5.82 Å². The molecule has 7 heteroatoms. The minimum Gasteiger partial charge on any atom is -0.491 e. The molecular weight excluding hydrogens is 297 g/mol. The average molecular weight is 311 g/mol. The smallest absolute Gasteiger partial charge is 0.261 e. The van der Waals surface area contributed by atoms with Gasteiger partial charge in [0.25, 0.3) is 10.0 Å². The molecular formula is C14H14FNO4S. The minimum absolute atomic E-state index is 0.0307. The van der Waals surface area contributed by atoms with E-state index >= 15 is 0 Å². The van der Waals surface area contributed by atoms with Crippen molar-refractivity contribution in [3.63, 3.8) is 0 Å². The van der Waals surface area contributed by atoms with Gasteiger partial charge in [-0.1, -0.05) is 6.07 Å². The molecule has 0 amide bonds. The molecule has 0 heterocycles. The Kier molecular flexibility index (Phi) is 4.77. The van der Waals surface area contributed by atoms with Crippen LogP contribution in [-0.2, 0) is 10.0 Å². The van der Waals surface area contributed by atoms with E-state index in [9.17, 15) is 12.8 Å². The summed E-state index contributed by atoms with van der Waals surface area (Å²) in [5.74, 6) is -0.0725. The van der Waals surface area contributed by atoms with Crippen LogP contribution in [0.1, 0.15) is 0 Å². The molecule has 0 spiro atoms. The van der Waals surface area contributed by atoms with Gasteiger partial charge in [0.05, 0.1) is 17.2 Å². The van der Waals surface area contributed by atoms with Gasteiger partial charge >= 0.3 is 0 Å². The predicted molar refractivity (Wildman–Crippen MR) is 76.2 cm³/mol. The lowest BCUT2D eigenvalue weighted by Gasteiger charge is -2.09. The molecule has 0 saturated heterocycles. The molecule has 0 fully saturated rings. The molecule has 2 N–H and O–H groups in total. The number of benzene rings is 2. The van der Waals surface area contributed by atoms with E-state index in [-0.39, 0.29) is 23.8 Å². The van der Waals surface area contributed by atoms with E-state index in [1.54, 1.807) is 0 Å². The highest BCUT2D eigenvalue weighted by atomic mass is 32.2. The standard InChI is InChI=1S/C14H14FNO4S/c15-11-2-1-3-12(10-11)16-21(18,19)14-6-4-13(5-7-14)20-9-8-17/h1-7,10,16-17H,8-9H2. The molecule has 0 aliphatic heterocycles. The van der Waals surface area contributed by atoms with Crippen LogP contribution in [0.3, 0.4) is 0 Å². The molecule has 2 aromatic carbocycles. The zero-order valence-electron chi connectivity index (χ0n) is 11.0. The van der Waals surface area contributed by atoms with Crippen molar-refractivity contribution in [2.75, 3.05) is 17.9 Å². The molecule has 0 aromatic heterocycles. The number of aliphatic hydroxyl groups excluding tert-OH is 1. The quantitative estimate of drug-likeness (QED) is 0.855. The molecule has 0 bridgehead atoms. The first-order chi connectivity index (χ1) is 10.0. The third-order valence-electron chi connectivity index (χ3n) is 2.57. The van der Waals surface area contributed by atoms with Crippen LogP contribution in [0.15, 0.2) is 53.4 Å². The number of hydrogen-bond acceptors (Lipinski definition) is 4. The fourth-order valence-corrected chi connectivity index (χ4v) is 2.69. The highest BCUT2D eigenvalue weighted by Crippen LogP contribution is 2.19. The van der Waals surface area contributed by atoms with Crippen LogP contribution in [0.4, 0.5) is 10.1 Å². The van der Waals surface area contributed by atoms with E-state index in [4.69, 9.17) is 9.84 Å². The number of rotatable bonds is 6. The number of anilines is 1. The van der Waals surface area contributed by atoms with Crippen molar-refractivity contribution in [3.05, 3.63) is 54.3 Å². The Labute approximate surface area is 122 Å². The van der Waals surface area contributed by atoms with Gasteiger partial charge in [-0.2, -0.15) is 0 Å². The molecule has 0 aliphatic rings. The van der Waals surface area contributed by atoms with Crippen LogP contribution in [0.25, 0.3) is 0 Å². The molecule has 0 unspecified atom stereocenters. The van der Waals surface area contributed by atoms with Crippen LogP contribution in [0.5, 0.6) is 5.75 Å². The van der Waals surface area contributed by atoms with Gasteiger partial charge in [-0.25, -0.2) is 12.8 Å². The van der Waals surface area contributed by atoms with Crippen molar-refractivity contribution in [1.29, 1.82) is 0 Å². The molecule has 112 valence electrons. The van der Waals surface area contributed by atoms with Crippen molar-refractivity contribution < 1.29 is 22.7 Å². The Morgan fingerprint density at radius 1 is 1.14 bits per heavy atom. The maximum Gasteiger partial charge on any atom is 0.261 e. The summed E-state index contributed by atoms with van der Waals surface area (Å²) in [6.45, 7) is 0.00875. The summed E-state index contributed by atoms with van der Waals surface area (Å²) in [6, 6.07) is 10.9. The van der Waals surface area contributed by atoms with Crippen molar-refractivity contribution in [2.24, 2.45) is 0 Å². The van der Waals surface area contributed by atoms with Gasteiger partial charge in [0, 0.05) is 0 Å². The summed E-state index contributed by atoms with van der Waals surface area (Å²) in [7, 11) is -3.79. The Morgan fingerprint density at radius 3 is 2.48 bits per heavy atom. The number of nitrogens with one attached hydrogen (secondary N) is 1. The fourth-order valence-electron chi connectivity index (χ4n) is 1.64. The van der Waals surface area contributed by atoms with E-state index in [1.807, 2.05) is 0 Å².